The number of pyridine rings is 1. The first kappa shape index (κ1) is 14.2. The molecule has 0 aliphatic carbocycles. The first-order valence-electron chi connectivity index (χ1n) is 6.65. The molecule has 0 spiro atoms. The molecule has 0 saturated heterocycles. The van der Waals surface area contributed by atoms with Crippen molar-refractivity contribution >= 4 is 0 Å². The normalized spacial score (nSPS) is 12.2. The van der Waals surface area contributed by atoms with Crippen LogP contribution in [0.1, 0.15) is 35.1 Å². The lowest BCUT2D eigenvalue weighted by Crippen LogP contribution is -2.18. The van der Waals surface area contributed by atoms with Gasteiger partial charge in [-0.3, -0.25) is 4.68 Å². The first-order valence-corrected chi connectivity index (χ1v) is 6.65. The summed E-state index contributed by atoms with van der Waals surface area (Å²) in [4.78, 5) is 4.08. The van der Waals surface area contributed by atoms with E-state index < -0.39 is 0 Å². The molecule has 20 heavy (non-hydrogen) atoms. The minimum atomic E-state index is 0.109. The predicted molar refractivity (Wildman–Crippen MR) is 77.1 cm³/mol. The van der Waals surface area contributed by atoms with Crippen LogP contribution in [0.3, 0.4) is 0 Å². The van der Waals surface area contributed by atoms with Crippen LogP contribution in [-0.2, 0) is 13.0 Å². The third-order valence-electron chi connectivity index (χ3n) is 3.37. The SMILES string of the molecule is Cc1nn(Cc2cccnc2C#N)c(C)c1CC(C)N. The van der Waals surface area contributed by atoms with Gasteiger partial charge in [0.2, 0.25) is 0 Å². The van der Waals surface area contributed by atoms with E-state index in [0.717, 1.165) is 23.4 Å². The molecular weight excluding hydrogens is 250 g/mol. The summed E-state index contributed by atoms with van der Waals surface area (Å²) < 4.78 is 1.92. The maximum absolute atomic E-state index is 9.09. The number of hydrogen-bond donors (Lipinski definition) is 1. The lowest BCUT2D eigenvalue weighted by Gasteiger charge is -2.08. The maximum atomic E-state index is 9.09. The predicted octanol–water partition coefficient (Wildman–Crippen LogP) is 1.70. The molecule has 0 aliphatic heterocycles. The molecule has 2 rings (SSSR count). The summed E-state index contributed by atoms with van der Waals surface area (Å²) in [5, 5.41) is 13.6. The summed E-state index contributed by atoms with van der Waals surface area (Å²) in [6, 6.07) is 5.97. The van der Waals surface area contributed by atoms with Crippen molar-refractivity contribution in [2.45, 2.75) is 39.8 Å². The van der Waals surface area contributed by atoms with Gasteiger partial charge in [0, 0.05) is 23.5 Å². The molecule has 0 saturated carbocycles. The molecule has 2 aromatic rings. The standard InChI is InChI=1S/C15H19N5/c1-10(17)7-14-11(2)19-20(12(14)3)9-13-5-4-6-18-15(13)8-16/h4-6,10H,7,9,17H2,1-3H3. The maximum Gasteiger partial charge on any atom is 0.145 e. The van der Waals surface area contributed by atoms with Gasteiger partial charge < -0.3 is 5.73 Å². The molecule has 104 valence electrons. The molecule has 0 fully saturated rings. The first-order chi connectivity index (χ1) is 9.52. The zero-order valence-corrected chi connectivity index (χ0v) is 12.1. The van der Waals surface area contributed by atoms with Crippen molar-refractivity contribution in [3.8, 4) is 6.07 Å². The van der Waals surface area contributed by atoms with E-state index in [1.54, 1.807) is 6.20 Å². The summed E-state index contributed by atoms with van der Waals surface area (Å²) in [6.07, 6.45) is 2.45. The molecule has 1 atom stereocenters. The van der Waals surface area contributed by atoms with Crippen molar-refractivity contribution in [1.29, 1.82) is 5.26 Å². The van der Waals surface area contributed by atoms with Gasteiger partial charge in [0.1, 0.15) is 11.8 Å². The van der Waals surface area contributed by atoms with Gasteiger partial charge in [-0.25, -0.2) is 4.98 Å². The molecular formula is C15H19N5. The van der Waals surface area contributed by atoms with Crippen molar-refractivity contribution in [3.05, 3.63) is 46.5 Å². The number of rotatable bonds is 4. The average molecular weight is 269 g/mol. The van der Waals surface area contributed by atoms with Crippen LogP contribution in [-0.4, -0.2) is 20.8 Å². The van der Waals surface area contributed by atoms with Crippen LogP contribution >= 0.6 is 0 Å². The van der Waals surface area contributed by atoms with Gasteiger partial charge in [0.15, 0.2) is 0 Å². The Kier molecular flexibility index (Phi) is 4.16. The molecule has 0 aliphatic rings. The number of aryl methyl sites for hydroxylation is 1. The topological polar surface area (TPSA) is 80.5 Å². The van der Waals surface area contributed by atoms with Crippen LogP contribution in [0.15, 0.2) is 18.3 Å². The largest absolute Gasteiger partial charge is 0.328 e. The summed E-state index contributed by atoms with van der Waals surface area (Å²) >= 11 is 0. The highest BCUT2D eigenvalue weighted by atomic mass is 15.3. The van der Waals surface area contributed by atoms with Crippen molar-refractivity contribution in [2.24, 2.45) is 5.73 Å². The molecule has 0 radical (unpaired) electrons. The van der Waals surface area contributed by atoms with E-state index in [4.69, 9.17) is 11.0 Å². The molecule has 5 nitrogen and oxygen atoms in total. The third kappa shape index (κ3) is 2.86. The van der Waals surface area contributed by atoms with Crippen LogP contribution in [0, 0.1) is 25.2 Å². The number of nitrogens with two attached hydrogens (primary N) is 1. The Bertz CT molecular complexity index is 649. The Balaban J connectivity index is 2.33. The van der Waals surface area contributed by atoms with Gasteiger partial charge in [-0.1, -0.05) is 6.07 Å². The quantitative estimate of drug-likeness (QED) is 0.916. The zero-order chi connectivity index (χ0) is 14.7. The Hall–Kier alpha value is -2.19. The second kappa shape index (κ2) is 5.85. The minimum Gasteiger partial charge on any atom is -0.328 e. The summed E-state index contributed by atoms with van der Waals surface area (Å²) in [5.74, 6) is 0. The molecule has 0 amide bonds. The van der Waals surface area contributed by atoms with Gasteiger partial charge >= 0.3 is 0 Å². The van der Waals surface area contributed by atoms with E-state index in [1.165, 1.54) is 5.56 Å². The Morgan fingerprint density at radius 2 is 2.20 bits per heavy atom. The Morgan fingerprint density at radius 3 is 2.85 bits per heavy atom. The molecule has 2 heterocycles. The second-order valence-electron chi connectivity index (χ2n) is 5.11. The van der Waals surface area contributed by atoms with Gasteiger partial charge in [-0.15, -0.1) is 0 Å². The Morgan fingerprint density at radius 1 is 1.45 bits per heavy atom. The summed E-state index contributed by atoms with van der Waals surface area (Å²) in [5.41, 5.74) is 10.5. The summed E-state index contributed by atoms with van der Waals surface area (Å²) in [6.45, 7) is 6.59. The smallest absolute Gasteiger partial charge is 0.145 e. The van der Waals surface area contributed by atoms with Crippen molar-refractivity contribution in [1.82, 2.24) is 14.8 Å². The number of aromatic nitrogens is 3. The average Bonchev–Trinajstić information content (AvgIpc) is 2.67. The van der Waals surface area contributed by atoms with E-state index in [-0.39, 0.29) is 6.04 Å². The van der Waals surface area contributed by atoms with E-state index in [9.17, 15) is 0 Å². The van der Waals surface area contributed by atoms with Crippen LogP contribution < -0.4 is 5.73 Å². The fourth-order valence-electron chi connectivity index (χ4n) is 2.33. The van der Waals surface area contributed by atoms with Crippen molar-refractivity contribution < 1.29 is 0 Å². The van der Waals surface area contributed by atoms with Crippen LogP contribution in [0.5, 0.6) is 0 Å². The summed E-state index contributed by atoms with van der Waals surface area (Å²) in [7, 11) is 0. The van der Waals surface area contributed by atoms with Gasteiger partial charge in [-0.05, 0) is 38.8 Å². The highest BCUT2D eigenvalue weighted by molar-refractivity contribution is 5.32. The van der Waals surface area contributed by atoms with Crippen LogP contribution in [0.2, 0.25) is 0 Å². The van der Waals surface area contributed by atoms with E-state index in [2.05, 4.69) is 16.2 Å². The number of nitrogens with zero attached hydrogens (tertiary/aromatic N) is 4. The van der Waals surface area contributed by atoms with E-state index in [1.807, 2.05) is 37.6 Å². The van der Waals surface area contributed by atoms with E-state index >= 15 is 0 Å². The molecule has 2 aromatic heterocycles. The van der Waals surface area contributed by atoms with E-state index in [0.29, 0.717) is 12.2 Å². The van der Waals surface area contributed by atoms with Crippen molar-refractivity contribution in [2.75, 3.05) is 0 Å². The highest BCUT2D eigenvalue weighted by Gasteiger charge is 2.14. The zero-order valence-electron chi connectivity index (χ0n) is 12.1. The number of hydrogen-bond acceptors (Lipinski definition) is 4. The number of nitriles is 1. The van der Waals surface area contributed by atoms with Gasteiger partial charge in [0.25, 0.3) is 0 Å². The van der Waals surface area contributed by atoms with Crippen LogP contribution in [0.4, 0.5) is 0 Å². The third-order valence-corrected chi connectivity index (χ3v) is 3.37. The minimum absolute atomic E-state index is 0.109. The fraction of sp³-hybridized carbons (Fsp3) is 0.400. The molecule has 0 aromatic carbocycles. The molecule has 5 heteroatoms. The highest BCUT2D eigenvalue weighted by Crippen LogP contribution is 2.17. The fourth-order valence-corrected chi connectivity index (χ4v) is 2.33. The second-order valence-corrected chi connectivity index (χ2v) is 5.11. The molecule has 1 unspecified atom stereocenters. The molecule has 0 bridgehead atoms. The van der Waals surface area contributed by atoms with Crippen LogP contribution in [0.25, 0.3) is 0 Å². The lowest BCUT2D eigenvalue weighted by atomic mass is 10.1. The lowest BCUT2D eigenvalue weighted by molar-refractivity contribution is 0.653. The van der Waals surface area contributed by atoms with Gasteiger partial charge in [-0.2, -0.15) is 10.4 Å². The molecule has 2 N–H and O–H groups in total. The van der Waals surface area contributed by atoms with Crippen molar-refractivity contribution in [3.63, 3.8) is 0 Å². The Labute approximate surface area is 119 Å². The monoisotopic (exact) mass is 269 g/mol. The van der Waals surface area contributed by atoms with Gasteiger partial charge in [0.05, 0.1) is 12.2 Å².